The lowest BCUT2D eigenvalue weighted by atomic mass is 10.1. The van der Waals surface area contributed by atoms with Crippen LogP contribution in [0.2, 0.25) is 0 Å². The van der Waals surface area contributed by atoms with Crippen LogP contribution in [0.25, 0.3) is 0 Å². The van der Waals surface area contributed by atoms with E-state index >= 15 is 0 Å². The van der Waals surface area contributed by atoms with E-state index in [1.807, 2.05) is 0 Å². The standard InChI is InChI=1S/C8H9F2N3O/c9-8(10)7-5(12)1-4(3-14)6(2-11)13-7/h1,3,8H,2,11-12H2. The van der Waals surface area contributed by atoms with Crippen LogP contribution in [0.5, 0.6) is 0 Å². The van der Waals surface area contributed by atoms with Crippen molar-refractivity contribution in [1.29, 1.82) is 0 Å². The van der Waals surface area contributed by atoms with Gasteiger partial charge in [0.15, 0.2) is 6.29 Å². The van der Waals surface area contributed by atoms with Gasteiger partial charge in [-0.15, -0.1) is 0 Å². The van der Waals surface area contributed by atoms with Gasteiger partial charge in [0.05, 0.1) is 11.4 Å². The first-order chi connectivity index (χ1) is 6.60. The van der Waals surface area contributed by atoms with Crippen LogP contribution in [0.4, 0.5) is 14.5 Å². The number of aromatic nitrogens is 1. The molecule has 0 fully saturated rings. The van der Waals surface area contributed by atoms with E-state index in [2.05, 4.69) is 4.98 Å². The number of carbonyl (C=O) groups is 1. The molecule has 0 aliphatic heterocycles. The fourth-order valence-corrected chi connectivity index (χ4v) is 1.04. The zero-order valence-electron chi connectivity index (χ0n) is 7.21. The number of aldehydes is 1. The molecule has 4 N–H and O–H groups in total. The topological polar surface area (TPSA) is 82.0 Å². The highest BCUT2D eigenvalue weighted by Crippen LogP contribution is 2.24. The molecular weight excluding hydrogens is 192 g/mol. The first-order valence-corrected chi connectivity index (χ1v) is 3.82. The number of anilines is 1. The molecule has 0 amide bonds. The molecule has 1 rings (SSSR count). The first-order valence-electron chi connectivity index (χ1n) is 3.82. The SMILES string of the molecule is NCc1nc(C(F)F)c(N)cc1C=O. The van der Waals surface area contributed by atoms with Crippen molar-refractivity contribution in [2.45, 2.75) is 13.0 Å². The summed E-state index contributed by atoms with van der Waals surface area (Å²) in [5.74, 6) is 0. The van der Waals surface area contributed by atoms with Gasteiger partial charge in [0.2, 0.25) is 0 Å². The van der Waals surface area contributed by atoms with Crippen molar-refractivity contribution in [3.05, 3.63) is 23.0 Å². The van der Waals surface area contributed by atoms with Gasteiger partial charge < -0.3 is 11.5 Å². The monoisotopic (exact) mass is 201 g/mol. The number of nitrogen functional groups attached to an aromatic ring is 1. The van der Waals surface area contributed by atoms with Crippen molar-refractivity contribution in [3.8, 4) is 0 Å². The second-order valence-electron chi connectivity index (χ2n) is 2.62. The molecule has 0 unspecified atom stereocenters. The number of alkyl halides is 2. The number of halogens is 2. The summed E-state index contributed by atoms with van der Waals surface area (Å²) in [6.45, 7) is -0.0753. The average Bonchev–Trinajstić information content (AvgIpc) is 2.16. The van der Waals surface area contributed by atoms with Crippen molar-refractivity contribution < 1.29 is 13.6 Å². The summed E-state index contributed by atoms with van der Waals surface area (Å²) < 4.78 is 24.6. The minimum absolute atomic E-state index is 0.0753. The molecule has 0 spiro atoms. The Morgan fingerprint density at radius 3 is 2.64 bits per heavy atom. The first kappa shape index (κ1) is 10.5. The molecule has 0 bridgehead atoms. The Balaban J connectivity index is 3.30. The molecule has 14 heavy (non-hydrogen) atoms. The number of hydrogen-bond acceptors (Lipinski definition) is 4. The van der Waals surface area contributed by atoms with Gasteiger partial charge in [-0.25, -0.2) is 13.8 Å². The molecule has 0 aliphatic rings. The minimum Gasteiger partial charge on any atom is -0.397 e. The van der Waals surface area contributed by atoms with Crippen LogP contribution in [-0.4, -0.2) is 11.3 Å². The van der Waals surface area contributed by atoms with Crippen molar-refractivity contribution in [1.82, 2.24) is 4.98 Å². The molecule has 1 aromatic heterocycles. The Kier molecular flexibility index (Phi) is 3.08. The van der Waals surface area contributed by atoms with Gasteiger partial charge in [-0.1, -0.05) is 0 Å². The van der Waals surface area contributed by atoms with Crippen LogP contribution in [0.3, 0.4) is 0 Å². The number of rotatable bonds is 3. The lowest BCUT2D eigenvalue weighted by molar-refractivity contribution is 0.112. The number of nitrogens with zero attached hydrogens (tertiary/aromatic N) is 1. The average molecular weight is 201 g/mol. The van der Waals surface area contributed by atoms with Gasteiger partial charge in [0.25, 0.3) is 6.43 Å². The molecule has 1 aromatic rings. The van der Waals surface area contributed by atoms with Crippen molar-refractivity contribution in [3.63, 3.8) is 0 Å². The van der Waals surface area contributed by atoms with E-state index in [1.165, 1.54) is 0 Å². The van der Waals surface area contributed by atoms with Gasteiger partial charge in [-0.05, 0) is 6.07 Å². The summed E-state index contributed by atoms with van der Waals surface area (Å²) in [6.07, 6.45) is -2.28. The number of carbonyl (C=O) groups excluding carboxylic acids is 1. The fraction of sp³-hybridized carbons (Fsp3) is 0.250. The second-order valence-corrected chi connectivity index (χ2v) is 2.62. The summed E-state index contributed by atoms with van der Waals surface area (Å²) in [7, 11) is 0. The van der Waals surface area contributed by atoms with Crippen LogP contribution in [0, 0.1) is 0 Å². The number of hydrogen-bond donors (Lipinski definition) is 2. The van der Waals surface area contributed by atoms with Crippen molar-refractivity contribution in [2.24, 2.45) is 5.73 Å². The van der Waals surface area contributed by atoms with Crippen LogP contribution >= 0.6 is 0 Å². The van der Waals surface area contributed by atoms with Crippen molar-refractivity contribution in [2.75, 3.05) is 5.73 Å². The molecule has 0 aliphatic carbocycles. The highest BCUT2D eigenvalue weighted by molar-refractivity contribution is 5.78. The molecule has 0 aromatic carbocycles. The Morgan fingerprint density at radius 2 is 2.21 bits per heavy atom. The smallest absolute Gasteiger partial charge is 0.282 e. The van der Waals surface area contributed by atoms with E-state index in [9.17, 15) is 13.6 Å². The third-order valence-electron chi connectivity index (χ3n) is 1.72. The van der Waals surface area contributed by atoms with Crippen LogP contribution in [0.15, 0.2) is 6.07 Å². The Hall–Kier alpha value is -1.56. The zero-order chi connectivity index (χ0) is 10.7. The van der Waals surface area contributed by atoms with Gasteiger partial charge in [0.1, 0.15) is 5.69 Å². The highest BCUT2D eigenvalue weighted by Gasteiger charge is 2.16. The maximum Gasteiger partial charge on any atom is 0.282 e. The summed E-state index contributed by atoms with van der Waals surface area (Å²) >= 11 is 0. The summed E-state index contributed by atoms with van der Waals surface area (Å²) in [4.78, 5) is 14.0. The largest absolute Gasteiger partial charge is 0.397 e. The second kappa shape index (κ2) is 4.10. The van der Waals surface area contributed by atoms with Gasteiger partial charge in [-0.2, -0.15) is 0 Å². The molecule has 0 saturated carbocycles. The molecule has 4 nitrogen and oxygen atoms in total. The van der Waals surface area contributed by atoms with Gasteiger partial charge >= 0.3 is 0 Å². The van der Waals surface area contributed by atoms with Crippen LogP contribution < -0.4 is 11.5 Å². The molecule has 1 heterocycles. The Bertz CT molecular complexity index is 355. The minimum atomic E-state index is -2.76. The summed E-state index contributed by atoms with van der Waals surface area (Å²) in [5, 5.41) is 0. The Morgan fingerprint density at radius 1 is 1.57 bits per heavy atom. The maximum atomic E-state index is 12.3. The number of nitrogens with two attached hydrogens (primary N) is 2. The number of pyridine rings is 1. The van der Waals surface area contributed by atoms with Crippen molar-refractivity contribution >= 4 is 12.0 Å². The predicted molar refractivity (Wildman–Crippen MR) is 46.9 cm³/mol. The summed E-state index contributed by atoms with van der Waals surface area (Å²) in [6, 6.07) is 1.16. The third-order valence-corrected chi connectivity index (χ3v) is 1.72. The lowest BCUT2D eigenvalue weighted by Crippen LogP contribution is -2.09. The van der Waals surface area contributed by atoms with Crippen LogP contribution in [0.1, 0.15) is 28.2 Å². The quantitative estimate of drug-likeness (QED) is 0.711. The summed E-state index contributed by atoms with van der Waals surface area (Å²) in [5.41, 5.74) is 10.1. The van der Waals surface area contributed by atoms with E-state index < -0.39 is 12.1 Å². The van der Waals surface area contributed by atoms with E-state index in [0.29, 0.717) is 6.29 Å². The Labute approximate surface area is 78.9 Å². The van der Waals surface area contributed by atoms with E-state index in [0.717, 1.165) is 6.07 Å². The zero-order valence-corrected chi connectivity index (χ0v) is 7.21. The maximum absolute atomic E-state index is 12.3. The highest BCUT2D eigenvalue weighted by atomic mass is 19.3. The van der Waals surface area contributed by atoms with Gasteiger partial charge in [-0.3, -0.25) is 4.79 Å². The predicted octanol–water partition coefficient (Wildman–Crippen LogP) is 0.873. The molecule has 6 heteroatoms. The molecule has 0 atom stereocenters. The molecule has 0 radical (unpaired) electrons. The van der Waals surface area contributed by atoms with E-state index in [4.69, 9.17) is 11.5 Å². The third kappa shape index (κ3) is 1.85. The fourth-order valence-electron chi connectivity index (χ4n) is 1.04. The van der Waals surface area contributed by atoms with E-state index in [1.54, 1.807) is 0 Å². The normalized spacial score (nSPS) is 10.6. The molecular formula is C8H9F2N3O. The molecule has 76 valence electrons. The van der Waals surface area contributed by atoms with Gasteiger partial charge in [0, 0.05) is 12.1 Å². The lowest BCUT2D eigenvalue weighted by Gasteiger charge is -2.07. The molecule has 0 saturated heterocycles. The van der Waals surface area contributed by atoms with Crippen LogP contribution in [-0.2, 0) is 6.54 Å². The van der Waals surface area contributed by atoms with E-state index in [-0.39, 0.29) is 23.5 Å².